The lowest BCUT2D eigenvalue weighted by molar-refractivity contribution is -0.140. The summed E-state index contributed by atoms with van der Waals surface area (Å²) < 4.78 is 12.3. The number of amides is 3. The van der Waals surface area contributed by atoms with Crippen molar-refractivity contribution in [1.82, 2.24) is 15.5 Å². The normalized spacial score (nSPS) is 24.4. The minimum Gasteiger partial charge on any atom is -0.465 e. The van der Waals surface area contributed by atoms with Crippen LogP contribution in [0.15, 0.2) is 0 Å². The molecule has 2 rings (SSSR count). The Bertz CT molecular complexity index is 681. The first kappa shape index (κ1) is 25.5. The van der Waals surface area contributed by atoms with Gasteiger partial charge in [-0.1, -0.05) is 27.7 Å². The maximum Gasteiger partial charge on any atom is 0.482 e. The summed E-state index contributed by atoms with van der Waals surface area (Å²) in [6.45, 7) is 15.8. The van der Waals surface area contributed by atoms with Gasteiger partial charge in [0.15, 0.2) is 0 Å². The van der Waals surface area contributed by atoms with E-state index in [1.807, 2.05) is 41.5 Å². The average molecular weight is 439 g/mol. The summed E-state index contributed by atoms with van der Waals surface area (Å²) in [5, 5.41) is 14.4. The number of nitrogens with zero attached hydrogens (tertiary/aromatic N) is 1. The zero-order valence-corrected chi connectivity index (χ0v) is 20.0. The third-order valence-electron chi connectivity index (χ3n) is 6.64. The number of hydrogen-bond acceptors (Lipinski definition) is 5. The van der Waals surface area contributed by atoms with E-state index in [9.17, 15) is 14.4 Å². The first-order valence-electron chi connectivity index (χ1n) is 11.1. The molecule has 2 aliphatic heterocycles. The van der Waals surface area contributed by atoms with Gasteiger partial charge in [-0.3, -0.25) is 9.59 Å². The standard InChI is InChI=1S/C21H38BN3O6/c1-12(2)15(23-19(28)29)18(27)25-11-9-10-14(25)17(26)24-16(13(3)4)22-30-20(5,6)21(7,8)31-22/h12-16,23H,9-11H2,1-8H3,(H,24,26)(H,28,29)/t14-,15-,16-/m0/s1. The molecule has 3 atom stereocenters. The molecular formula is C21H38BN3O6. The highest BCUT2D eigenvalue weighted by atomic mass is 16.7. The second-order valence-electron chi connectivity index (χ2n) is 10.3. The van der Waals surface area contributed by atoms with Gasteiger partial charge in [-0.15, -0.1) is 0 Å². The Kier molecular flexibility index (Phi) is 7.69. The molecule has 2 fully saturated rings. The molecule has 10 heteroatoms. The molecule has 2 saturated heterocycles. The van der Waals surface area contributed by atoms with Crippen LogP contribution in [0.2, 0.25) is 0 Å². The van der Waals surface area contributed by atoms with Crippen molar-refractivity contribution < 1.29 is 28.8 Å². The zero-order chi connectivity index (χ0) is 23.7. The highest BCUT2D eigenvalue weighted by Crippen LogP contribution is 2.38. The van der Waals surface area contributed by atoms with Gasteiger partial charge in [0.1, 0.15) is 12.1 Å². The quantitative estimate of drug-likeness (QED) is 0.523. The SMILES string of the molecule is CC(C)[C@H](NC(=O)[C@@H]1CCCN1C(=O)[C@@H](NC(=O)O)C(C)C)B1OC(C)(C)C(C)(C)O1. The molecular weight excluding hydrogens is 401 g/mol. The zero-order valence-electron chi connectivity index (χ0n) is 20.0. The summed E-state index contributed by atoms with van der Waals surface area (Å²) in [6, 6.07) is -1.54. The third-order valence-corrected chi connectivity index (χ3v) is 6.64. The fourth-order valence-corrected chi connectivity index (χ4v) is 3.97. The average Bonchev–Trinajstić information content (AvgIpc) is 3.18. The lowest BCUT2D eigenvalue weighted by Crippen LogP contribution is -2.58. The lowest BCUT2D eigenvalue weighted by Gasteiger charge is -2.32. The molecule has 0 spiro atoms. The van der Waals surface area contributed by atoms with Gasteiger partial charge in [-0.25, -0.2) is 4.79 Å². The summed E-state index contributed by atoms with van der Waals surface area (Å²) >= 11 is 0. The van der Waals surface area contributed by atoms with E-state index in [0.29, 0.717) is 19.4 Å². The van der Waals surface area contributed by atoms with E-state index in [-0.39, 0.29) is 29.6 Å². The monoisotopic (exact) mass is 439 g/mol. The minimum atomic E-state index is -1.26. The second-order valence-corrected chi connectivity index (χ2v) is 10.3. The summed E-state index contributed by atoms with van der Waals surface area (Å²) in [5.41, 5.74) is -1.03. The maximum atomic E-state index is 13.2. The highest BCUT2D eigenvalue weighted by molar-refractivity contribution is 6.48. The van der Waals surface area contributed by atoms with Crippen LogP contribution in [0, 0.1) is 11.8 Å². The van der Waals surface area contributed by atoms with Crippen LogP contribution in [0.25, 0.3) is 0 Å². The molecule has 2 aliphatic rings. The van der Waals surface area contributed by atoms with E-state index in [0.717, 1.165) is 0 Å². The van der Waals surface area contributed by atoms with E-state index >= 15 is 0 Å². The Morgan fingerprint density at radius 1 is 1.00 bits per heavy atom. The number of nitrogens with one attached hydrogen (secondary N) is 2. The lowest BCUT2D eigenvalue weighted by atomic mass is 9.72. The van der Waals surface area contributed by atoms with Crippen LogP contribution in [-0.4, -0.2) is 70.8 Å². The Morgan fingerprint density at radius 2 is 1.55 bits per heavy atom. The molecule has 0 aromatic carbocycles. The minimum absolute atomic E-state index is 0.0429. The van der Waals surface area contributed by atoms with Gasteiger partial charge in [0.25, 0.3) is 0 Å². The van der Waals surface area contributed by atoms with Gasteiger partial charge in [-0.2, -0.15) is 0 Å². The molecule has 3 amide bonds. The van der Waals surface area contributed by atoms with E-state index in [1.165, 1.54) is 4.90 Å². The van der Waals surface area contributed by atoms with Crippen LogP contribution in [0.1, 0.15) is 68.2 Å². The fourth-order valence-electron chi connectivity index (χ4n) is 3.97. The molecule has 9 nitrogen and oxygen atoms in total. The van der Waals surface area contributed by atoms with Crippen LogP contribution in [0.5, 0.6) is 0 Å². The Morgan fingerprint density at radius 3 is 2.00 bits per heavy atom. The second kappa shape index (κ2) is 9.36. The van der Waals surface area contributed by atoms with Crippen molar-refractivity contribution in [2.45, 2.75) is 97.5 Å². The number of likely N-dealkylation sites (tertiary alicyclic amines) is 1. The van der Waals surface area contributed by atoms with Crippen LogP contribution < -0.4 is 10.6 Å². The summed E-state index contributed by atoms with van der Waals surface area (Å²) in [7, 11) is -0.600. The Hall–Kier alpha value is -1.81. The molecule has 0 aromatic heterocycles. The molecule has 0 bridgehead atoms. The van der Waals surface area contributed by atoms with Crippen LogP contribution in [0.4, 0.5) is 4.79 Å². The molecule has 0 aliphatic carbocycles. The van der Waals surface area contributed by atoms with Gasteiger partial charge in [0.05, 0.1) is 17.1 Å². The summed E-state index contributed by atoms with van der Waals surface area (Å²) in [4.78, 5) is 38.9. The van der Waals surface area contributed by atoms with E-state index in [2.05, 4.69) is 10.6 Å². The Labute approximate surface area is 185 Å². The largest absolute Gasteiger partial charge is 0.482 e. The van der Waals surface area contributed by atoms with Crippen molar-refractivity contribution in [2.75, 3.05) is 6.54 Å². The molecule has 2 heterocycles. The smallest absolute Gasteiger partial charge is 0.465 e. The van der Waals surface area contributed by atoms with Crippen molar-refractivity contribution in [3.8, 4) is 0 Å². The molecule has 0 unspecified atom stereocenters. The first-order chi connectivity index (χ1) is 14.2. The van der Waals surface area contributed by atoms with Crippen molar-refractivity contribution in [3.63, 3.8) is 0 Å². The van der Waals surface area contributed by atoms with Gasteiger partial charge in [-0.05, 0) is 52.4 Å². The van der Waals surface area contributed by atoms with E-state index in [1.54, 1.807) is 13.8 Å². The predicted octanol–water partition coefficient (Wildman–Crippen LogP) is 2.04. The van der Waals surface area contributed by atoms with E-state index < -0.39 is 36.5 Å². The van der Waals surface area contributed by atoms with Crippen LogP contribution in [0.3, 0.4) is 0 Å². The van der Waals surface area contributed by atoms with Gasteiger partial charge < -0.3 is 29.9 Å². The van der Waals surface area contributed by atoms with Crippen molar-refractivity contribution in [3.05, 3.63) is 0 Å². The number of hydrogen-bond donors (Lipinski definition) is 3. The van der Waals surface area contributed by atoms with Gasteiger partial charge in [0, 0.05) is 6.54 Å². The number of carboxylic acid groups (broad SMARTS) is 1. The summed E-state index contributed by atoms with van der Waals surface area (Å²) in [5.74, 6) is -1.21. The van der Waals surface area contributed by atoms with Crippen molar-refractivity contribution in [2.24, 2.45) is 11.8 Å². The molecule has 0 saturated carbocycles. The number of rotatable bonds is 7. The van der Waals surface area contributed by atoms with E-state index in [4.69, 9.17) is 14.4 Å². The summed E-state index contributed by atoms with van der Waals surface area (Å²) in [6.07, 6.45) is -0.0401. The predicted molar refractivity (Wildman–Crippen MR) is 117 cm³/mol. The van der Waals surface area contributed by atoms with Crippen LogP contribution >= 0.6 is 0 Å². The highest BCUT2D eigenvalue weighted by Gasteiger charge is 2.55. The number of carbonyl (C=O) groups is 3. The Balaban J connectivity index is 2.15. The molecule has 3 N–H and O–H groups in total. The topological polar surface area (TPSA) is 117 Å². The molecule has 176 valence electrons. The third kappa shape index (κ3) is 5.52. The molecule has 0 radical (unpaired) electrons. The molecule has 31 heavy (non-hydrogen) atoms. The first-order valence-corrected chi connectivity index (χ1v) is 11.1. The molecule has 0 aromatic rings. The van der Waals surface area contributed by atoms with Gasteiger partial charge >= 0.3 is 13.2 Å². The van der Waals surface area contributed by atoms with Gasteiger partial charge in [0.2, 0.25) is 11.8 Å². The maximum absolute atomic E-state index is 13.2. The van der Waals surface area contributed by atoms with Crippen molar-refractivity contribution >= 4 is 25.0 Å². The number of carbonyl (C=O) groups excluding carboxylic acids is 2. The van der Waals surface area contributed by atoms with Crippen molar-refractivity contribution in [1.29, 1.82) is 0 Å². The van der Waals surface area contributed by atoms with Crippen LogP contribution in [-0.2, 0) is 18.9 Å². The fraction of sp³-hybridized carbons (Fsp3) is 0.857.